The van der Waals surface area contributed by atoms with Gasteiger partial charge in [-0.2, -0.15) is 11.8 Å². The molecule has 0 aliphatic heterocycles. The summed E-state index contributed by atoms with van der Waals surface area (Å²) in [5.41, 5.74) is -0.508. The summed E-state index contributed by atoms with van der Waals surface area (Å²) < 4.78 is 10.3. The van der Waals surface area contributed by atoms with Gasteiger partial charge in [-0.15, -0.1) is 0 Å². The minimum absolute atomic E-state index is 0.00478. The highest BCUT2D eigenvalue weighted by atomic mass is 32.2. The van der Waals surface area contributed by atoms with Crippen LogP contribution in [0.1, 0.15) is 78.3 Å². The Morgan fingerprint density at radius 3 is 2.38 bits per heavy atom. The number of phenolic OH excluding ortho intramolecular Hbond substituents is 1. The summed E-state index contributed by atoms with van der Waals surface area (Å²) in [6.07, 6.45) is 3.78. The first-order chi connectivity index (χ1) is 18.4. The number of esters is 1. The van der Waals surface area contributed by atoms with E-state index in [4.69, 9.17) is 9.47 Å². The summed E-state index contributed by atoms with van der Waals surface area (Å²) in [6, 6.07) is 4.20. The average molecular weight is 568 g/mol. The van der Waals surface area contributed by atoms with Gasteiger partial charge >= 0.3 is 12.1 Å². The molecule has 0 radical (unpaired) electrons. The number of aromatic hydroxyl groups is 1. The molecule has 3 N–H and O–H groups in total. The fraction of sp³-hybridized carbons (Fsp3) is 0.643. The lowest BCUT2D eigenvalue weighted by Crippen LogP contribution is -2.53. The lowest BCUT2D eigenvalue weighted by Gasteiger charge is -2.34. The lowest BCUT2D eigenvalue weighted by atomic mass is 10.0. The third kappa shape index (κ3) is 12.6. The van der Waals surface area contributed by atoms with Crippen LogP contribution in [0.4, 0.5) is 4.79 Å². The molecule has 2 unspecified atom stereocenters. The fourth-order valence-electron chi connectivity index (χ4n) is 3.83. The first-order valence-corrected chi connectivity index (χ1v) is 14.8. The van der Waals surface area contributed by atoms with Gasteiger partial charge in [0.1, 0.15) is 23.4 Å². The van der Waals surface area contributed by atoms with E-state index in [0.29, 0.717) is 18.6 Å². The molecular weight excluding hydrogens is 522 g/mol. The third-order valence-electron chi connectivity index (χ3n) is 5.61. The molecule has 0 bridgehead atoms. The summed E-state index contributed by atoms with van der Waals surface area (Å²) in [6.45, 7) is 9.39. The van der Waals surface area contributed by atoms with Gasteiger partial charge in [-0.05, 0) is 58.6 Å². The van der Waals surface area contributed by atoms with Crippen molar-refractivity contribution in [3.63, 3.8) is 0 Å². The number of amides is 3. The number of rotatable bonds is 16. The van der Waals surface area contributed by atoms with Gasteiger partial charge < -0.3 is 30.1 Å². The van der Waals surface area contributed by atoms with Gasteiger partial charge in [-0.3, -0.25) is 14.4 Å². The number of unbranched alkanes of at least 4 members (excludes halogenated alkanes) is 2. The number of ether oxygens (including phenoxy) is 2. The number of carbonyl (C=O) groups is 4. The number of hydrogen-bond acceptors (Lipinski definition) is 8. The summed E-state index contributed by atoms with van der Waals surface area (Å²) >= 11 is 1.53. The van der Waals surface area contributed by atoms with E-state index in [1.807, 2.05) is 13.2 Å². The van der Waals surface area contributed by atoms with Gasteiger partial charge in [0.05, 0.1) is 13.0 Å². The number of phenols is 1. The Labute approximate surface area is 236 Å². The number of benzene rings is 1. The van der Waals surface area contributed by atoms with Crippen molar-refractivity contribution >= 4 is 35.6 Å². The van der Waals surface area contributed by atoms with Crippen LogP contribution in [0.3, 0.4) is 0 Å². The molecule has 10 nitrogen and oxygen atoms in total. The number of para-hydroxylation sites is 1. The molecule has 0 saturated carbocycles. The molecule has 0 saturated heterocycles. The molecule has 0 aliphatic rings. The van der Waals surface area contributed by atoms with Crippen molar-refractivity contribution in [2.24, 2.45) is 0 Å². The Balaban J connectivity index is 3.41. The third-order valence-corrected chi connectivity index (χ3v) is 6.25. The number of nitrogens with one attached hydrogen (secondary N) is 2. The van der Waals surface area contributed by atoms with E-state index in [9.17, 15) is 24.3 Å². The summed E-state index contributed by atoms with van der Waals surface area (Å²) in [4.78, 5) is 53.5. The largest absolute Gasteiger partial charge is 0.508 e. The molecule has 0 spiro atoms. The van der Waals surface area contributed by atoms with Crippen LogP contribution < -0.4 is 10.6 Å². The highest BCUT2D eigenvalue weighted by Gasteiger charge is 2.37. The second-order valence-electron chi connectivity index (χ2n) is 10.0. The van der Waals surface area contributed by atoms with Crippen LogP contribution in [-0.2, 0) is 23.9 Å². The molecule has 1 aromatic carbocycles. The monoisotopic (exact) mass is 567 g/mol. The van der Waals surface area contributed by atoms with Gasteiger partial charge in [-0.1, -0.05) is 38.0 Å². The predicted octanol–water partition coefficient (Wildman–Crippen LogP) is 4.17. The van der Waals surface area contributed by atoms with Crippen molar-refractivity contribution in [2.75, 3.05) is 31.7 Å². The van der Waals surface area contributed by atoms with E-state index in [1.54, 1.807) is 45.9 Å². The number of alkyl carbamates (subject to hydrolysis) is 1. The predicted molar refractivity (Wildman–Crippen MR) is 153 cm³/mol. The second kappa shape index (κ2) is 17.6. The van der Waals surface area contributed by atoms with Crippen LogP contribution in [0, 0.1) is 0 Å². The Kier molecular flexibility index (Phi) is 15.4. The molecule has 1 aromatic rings. The van der Waals surface area contributed by atoms with Crippen molar-refractivity contribution in [2.45, 2.75) is 84.4 Å². The smallest absolute Gasteiger partial charge is 0.408 e. The highest BCUT2D eigenvalue weighted by Crippen LogP contribution is 2.30. The van der Waals surface area contributed by atoms with Gasteiger partial charge in [0.25, 0.3) is 0 Å². The quantitative estimate of drug-likeness (QED) is 0.200. The maximum absolute atomic E-state index is 14.1. The van der Waals surface area contributed by atoms with Crippen molar-refractivity contribution in [3.8, 4) is 5.75 Å². The van der Waals surface area contributed by atoms with Gasteiger partial charge in [0.15, 0.2) is 0 Å². The zero-order valence-electron chi connectivity index (χ0n) is 24.1. The van der Waals surface area contributed by atoms with E-state index >= 15 is 0 Å². The van der Waals surface area contributed by atoms with Crippen molar-refractivity contribution < 1.29 is 33.8 Å². The van der Waals surface area contributed by atoms with Crippen molar-refractivity contribution in [3.05, 3.63) is 29.8 Å². The highest BCUT2D eigenvalue weighted by molar-refractivity contribution is 7.98. The van der Waals surface area contributed by atoms with E-state index in [1.165, 1.54) is 22.7 Å². The topological polar surface area (TPSA) is 134 Å². The molecular formula is C28H45N3O7S. The maximum atomic E-state index is 14.1. The van der Waals surface area contributed by atoms with Crippen LogP contribution in [-0.4, -0.2) is 77.2 Å². The molecule has 0 heterocycles. The zero-order valence-corrected chi connectivity index (χ0v) is 24.9. The Hall–Kier alpha value is -2.95. The normalized spacial score (nSPS) is 12.7. The second-order valence-corrected chi connectivity index (χ2v) is 11.0. The lowest BCUT2D eigenvalue weighted by molar-refractivity contribution is -0.144. The number of hydrogen-bond donors (Lipinski definition) is 3. The first-order valence-electron chi connectivity index (χ1n) is 13.4. The molecule has 11 heteroatoms. The number of carbonyl (C=O) groups excluding carboxylic acids is 4. The van der Waals surface area contributed by atoms with Crippen molar-refractivity contribution in [1.29, 1.82) is 0 Å². The maximum Gasteiger partial charge on any atom is 0.408 e. The van der Waals surface area contributed by atoms with Gasteiger partial charge in [0, 0.05) is 18.7 Å². The minimum atomic E-state index is -1.19. The zero-order chi connectivity index (χ0) is 29.4. The molecule has 0 fully saturated rings. The molecule has 220 valence electrons. The SMILES string of the molecule is CCCCCN(C(=O)C(CCSC)NC(=O)OC(C)(C)C)C(C(=O)NCCC(=O)OCC)c1ccccc1O. The number of thioether (sulfide) groups is 1. The van der Waals surface area contributed by atoms with Gasteiger partial charge in [-0.25, -0.2) is 4.79 Å². The van der Waals surface area contributed by atoms with E-state index in [2.05, 4.69) is 10.6 Å². The van der Waals surface area contributed by atoms with Crippen LogP contribution in [0.15, 0.2) is 24.3 Å². The summed E-state index contributed by atoms with van der Waals surface area (Å²) in [5.74, 6) is -1.02. The molecule has 2 atom stereocenters. The van der Waals surface area contributed by atoms with Crippen molar-refractivity contribution in [1.82, 2.24) is 15.5 Å². The fourth-order valence-corrected chi connectivity index (χ4v) is 4.30. The van der Waals surface area contributed by atoms with Crippen LogP contribution >= 0.6 is 11.8 Å². The molecule has 0 aliphatic carbocycles. The molecule has 39 heavy (non-hydrogen) atoms. The van der Waals surface area contributed by atoms with Crippen LogP contribution in [0.5, 0.6) is 5.75 Å². The standard InChI is InChI=1S/C28H45N3O7S/c1-7-9-12-18-31(26(35)21(16-19-39-6)30-27(36)38-28(3,4)5)24(20-13-10-11-14-22(20)32)25(34)29-17-15-23(33)37-8-2/h10-11,13-14,21,24,32H,7-9,12,15-19H2,1-6H3,(H,29,34)(H,30,36). The van der Waals surface area contributed by atoms with E-state index in [0.717, 1.165) is 12.8 Å². The van der Waals surface area contributed by atoms with Crippen LogP contribution in [0.2, 0.25) is 0 Å². The molecule has 3 amide bonds. The Bertz CT molecular complexity index is 936. The molecule has 1 rings (SSSR count). The number of nitrogens with zero attached hydrogens (tertiary/aromatic N) is 1. The average Bonchev–Trinajstić information content (AvgIpc) is 2.85. The van der Waals surface area contributed by atoms with E-state index < -0.39 is 41.6 Å². The first kappa shape index (κ1) is 34.1. The Morgan fingerprint density at radius 1 is 1.10 bits per heavy atom. The van der Waals surface area contributed by atoms with E-state index in [-0.39, 0.29) is 37.4 Å². The Morgan fingerprint density at radius 2 is 1.79 bits per heavy atom. The summed E-state index contributed by atoms with van der Waals surface area (Å²) in [7, 11) is 0. The minimum Gasteiger partial charge on any atom is -0.508 e. The van der Waals surface area contributed by atoms with Crippen LogP contribution in [0.25, 0.3) is 0 Å². The summed E-state index contributed by atoms with van der Waals surface area (Å²) in [5, 5.41) is 16.1. The van der Waals surface area contributed by atoms with Gasteiger partial charge in [0.2, 0.25) is 11.8 Å². The molecule has 0 aromatic heterocycles.